The molecule has 23 heavy (non-hydrogen) atoms. The number of hydrogen-bond donors (Lipinski definition) is 3. The Labute approximate surface area is 150 Å². The van der Waals surface area contributed by atoms with E-state index in [9.17, 15) is 5.11 Å². The Morgan fingerprint density at radius 1 is 1.09 bits per heavy atom. The van der Waals surface area contributed by atoms with E-state index in [4.69, 9.17) is 5.73 Å². The minimum Gasteiger partial charge on any atom is -0.396 e. The van der Waals surface area contributed by atoms with E-state index in [-0.39, 0.29) is 24.8 Å². The Bertz CT molecular complexity index is 463. The Morgan fingerprint density at radius 2 is 1.74 bits per heavy atom. The molecule has 0 aliphatic heterocycles. The molecule has 0 amide bonds. The summed E-state index contributed by atoms with van der Waals surface area (Å²) < 4.78 is 0. The maximum absolute atomic E-state index is 9.17. The van der Waals surface area contributed by atoms with Crippen LogP contribution in [0.4, 0.5) is 5.82 Å². The van der Waals surface area contributed by atoms with E-state index in [0.29, 0.717) is 30.4 Å². The minimum atomic E-state index is 0. The van der Waals surface area contributed by atoms with Crippen LogP contribution in [-0.4, -0.2) is 34.3 Å². The number of nitrogens with two attached hydrogens (primary N) is 1. The zero-order valence-corrected chi connectivity index (χ0v) is 15.0. The summed E-state index contributed by atoms with van der Waals surface area (Å²) >= 11 is 0. The molecule has 1 heterocycles. The van der Waals surface area contributed by atoms with Crippen LogP contribution < -0.4 is 11.1 Å². The third-order valence-electron chi connectivity index (χ3n) is 5.08. The molecule has 0 radical (unpaired) electrons. The first-order valence-corrected chi connectivity index (χ1v) is 8.17. The fraction of sp³-hybridized carbons (Fsp3) is 0.750. The van der Waals surface area contributed by atoms with E-state index in [1.165, 1.54) is 12.8 Å². The second kappa shape index (κ2) is 9.62. The molecule has 1 aromatic rings. The van der Waals surface area contributed by atoms with Gasteiger partial charge in [0.15, 0.2) is 0 Å². The topological polar surface area (TPSA) is 84.1 Å². The number of aliphatic hydroxyl groups is 1. The van der Waals surface area contributed by atoms with Gasteiger partial charge in [0.05, 0.1) is 0 Å². The standard InChI is InChI=1S/C16H26N4O.2ClH/c17-14-5-13(6-14)15-7-16(20-10-19-15)18-8-11-1-3-12(9-21)4-2-11;;/h7,10-14,21H,1-6,8-9,17H2,(H,18,19,20);2*1H. The number of rotatable bonds is 5. The lowest BCUT2D eigenvalue weighted by molar-refractivity contribution is 0.170. The molecule has 0 unspecified atom stereocenters. The van der Waals surface area contributed by atoms with Crippen molar-refractivity contribution in [2.24, 2.45) is 17.6 Å². The molecule has 4 N–H and O–H groups in total. The van der Waals surface area contributed by atoms with E-state index in [2.05, 4.69) is 21.4 Å². The number of aliphatic hydroxyl groups excluding tert-OH is 1. The average molecular weight is 363 g/mol. The predicted molar refractivity (Wildman–Crippen MR) is 97.5 cm³/mol. The van der Waals surface area contributed by atoms with Gasteiger partial charge in [-0.05, 0) is 50.4 Å². The largest absolute Gasteiger partial charge is 0.396 e. The summed E-state index contributed by atoms with van der Waals surface area (Å²) in [6.45, 7) is 1.32. The fourth-order valence-electron chi connectivity index (χ4n) is 3.46. The third-order valence-corrected chi connectivity index (χ3v) is 5.08. The predicted octanol–water partition coefficient (Wildman–Crippen LogP) is 2.74. The molecule has 0 spiro atoms. The molecule has 2 aliphatic carbocycles. The molecule has 3 rings (SSSR count). The molecule has 2 fully saturated rings. The number of nitrogens with zero attached hydrogens (tertiary/aromatic N) is 2. The number of halogens is 2. The summed E-state index contributed by atoms with van der Waals surface area (Å²) in [7, 11) is 0. The Kier molecular flexibility index (Phi) is 8.54. The van der Waals surface area contributed by atoms with Crippen LogP contribution in [0.1, 0.15) is 50.1 Å². The first kappa shape index (κ1) is 20.4. The van der Waals surface area contributed by atoms with Crippen LogP contribution >= 0.6 is 24.8 Å². The van der Waals surface area contributed by atoms with Gasteiger partial charge in [-0.2, -0.15) is 0 Å². The number of anilines is 1. The van der Waals surface area contributed by atoms with Gasteiger partial charge in [0.25, 0.3) is 0 Å². The van der Waals surface area contributed by atoms with E-state index in [0.717, 1.165) is 43.7 Å². The highest BCUT2D eigenvalue weighted by Crippen LogP contribution is 2.35. The van der Waals surface area contributed by atoms with Gasteiger partial charge < -0.3 is 16.2 Å². The lowest BCUT2D eigenvalue weighted by atomic mass is 9.78. The van der Waals surface area contributed by atoms with Crippen molar-refractivity contribution < 1.29 is 5.11 Å². The second-order valence-electron chi connectivity index (χ2n) is 6.71. The van der Waals surface area contributed by atoms with Crippen molar-refractivity contribution >= 4 is 30.6 Å². The molecule has 0 saturated heterocycles. The van der Waals surface area contributed by atoms with Gasteiger partial charge in [-0.1, -0.05) is 0 Å². The van der Waals surface area contributed by atoms with Gasteiger partial charge in [-0.15, -0.1) is 24.8 Å². The lowest BCUT2D eigenvalue weighted by Crippen LogP contribution is -2.35. The van der Waals surface area contributed by atoms with Crippen LogP contribution in [0.3, 0.4) is 0 Å². The highest BCUT2D eigenvalue weighted by Gasteiger charge is 2.28. The lowest BCUT2D eigenvalue weighted by Gasteiger charge is -2.32. The third kappa shape index (κ3) is 5.45. The summed E-state index contributed by atoms with van der Waals surface area (Å²) in [6, 6.07) is 2.43. The van der Waals surface area contributed by atoms with Crippen molar-refractivity contribution in [3.05, 3.63) is 18.1 Å². The van der Waals surface area contributed by atoms with Crippen molar-refractivity contribution in [3.8, 4) is 0 Å². The van der Waals surface area contributed by atoms with Crippen LogP contribution in [0.5, 0.6) is 0 Å². The van der Waals surface area contributed by atoms with Crippen LogP contribution in [0.2, 0.25) is 0 Å². The van der Waals surface area contributed by atoms with Gasteiger partial charge >= 0.3 is 0 Å². The summed E-state index contributed by atoms with van der Waals surface area (Å²) in [5, 5.41) is 12.6. The van der Waals surface area contributed by atoms with Crippen LogP contribution in [0, 0.1) is 11.8 Å². The van der Waals surface area contributed by atoms with Gasteiger partial charge in [-0.25, -0.2) is 9.97 Å². The van der Waals surface area contributed by atoms with E-state index >= 15 is 0 Å². The number of hydrogen-bond acceptors (Lipinski definition) is 5. The number of aromatic nitrogens is 2. The van der Waals surface area contributed by atoms with Crippen molar-refractivity contribution in [2.75, 3.05) is 18.5 Å². The summed E-state index contributed by atoms with van der Waals surface area (Å²) in [5.74, 6) is 2.67. The highest BCUT2D eigenvalue weighted by molar-refractivity contribution is 5.85. The van der Waals surface area contributed by atoms with E-state index in [1.807, 2.05) is 0 Å². The van der Waals surface area contributed by atoms with Gasteiger partial charge in [-0.3, -0.25) is 0 Å². The summed E-state index contributed by atoms with van der Waals surface area (Å²) in [4.78, 5) is 8.70. The van der Waals surface area contributed by atoms with Crippen molar-refractivity contribution in [2.45, 2.75) is 50.5 Å². The molecule has 132 valence electrons. The molecule has 2 aliphatic rings. The molecule has 7 heteroatoms. The van der Waals surface area contributed by atoms with Crippen LogP contribution in [0.25, 0.3) is 0 Å². The van der Waals surface area contributed by atoms with Crippen molar-refractivity contribution in [1.82, 2.24) is 9.97 Å². The summed E-state index contributed by atoms with van der Waals surface area (Å²) in [6.07, 6.45) is 8.45. The SMILES string of the molecule is Cl.Cl.NC1CC(c2cc(NCC3CCC(CO)CC3)ncn2)C1. The Balaban J connectivity index is 0.00000132. The quantitative estimate of drug-likeness (QED) is 0.749. The van der Waals surface area contributed by atoms with Gasteiger partial charge in [0.2, 0.25) is 0 Å². The fourth-order valence-corrected chi connectivity index (χ4v) is 3.46. The maximum atomic E-state index is 9.17. The zero-order valence-electron chi connectivity index (χ0n) is 13.4. The molecular formula is C16H28Cl2N4O. The second-order valence-corrected chi connectivity index (χ2v) is 6.71. The smallest absolute Gasteiger partial charge is 0.129 e. The zero-order chi connectivity index (χ0) is 14.7. The molecule has 0 atom stereocenters. The molecule has 0 aromatic carbocycles. The normalized spacial score (nSPS) is 29.7. The first-order chi connectivity index (χ1) is 10.2. The van der Waals surface area contributed by atoms with Crippen molar-refractivity contribution in [3.63, 3.8) is 0 Å². The van der Waals surface area contributed by atoms with Crippen molar-refractivity contribution in [1.29, 1.82) is 0 Å². The van der Waals surface area contributed by atoms with Gasteiger partial charge in [0.1, 0.15) is 12.1 Å². The van der Waals surface area contributed by atoms with Gasteiger partial charge in [0, 0.05) is 36.9 Å². The first-order valence-electron chi connectivity index (χ1n) is 8.17. The maximum Gasteiger partial charge on any atom is 0.129 e. The molecular weight excluding hydrogens is 335 g/mol. The van der Waals surface area contributed by atoms with Crippen LogP contribution in [0.15, 0.2) is 12.4 Å². The molecule has 5 nitrogen and oxygen atoms in total. The van der Waals surface area contributed by atoms with E-state index < -0.39 is 0 Å². The molecule has 1 aromatic heterocycles. The highest BCUT2D eigenvalue weighted by atomic mass is 35.5. The van der Waals surface area contributed by atoms with E-state index in [1.54, 1.807) is 6.33 Å². The molecule has 0 bridgehead atoms. The number of nitrogens with one attached hydrogen (secondary N) is 1. The Morgan fingerprint density at radius 3 is 2.35 bits per heavy atom. The van der Waals surface area contributed by atoms with Crippen LogP contribution in [-0.2, 0) is 0 Å². The minimum absolute atomic E-state index is 0. The Hall–Kier alpha value is -0.620. The monoisotopic (exact) mass is 362 g/mol. The average Bonchev–Trinajstić information content (AvgIpc) is 2.50. The summed E-state index contributed by atoms with van der Waals surface area (Å²) in [5.41, 5.74) is 6.97. The molecule has 2 saturated carbocycles.